The zero-order valence-corrected chi connectivity index (χ0v) is 14.7. The molecule has 0 fully saturated rings. The van der Waals surface area contributed by atoms with Crippen LogP contribution in [0.1, 0.15) is 20.4 Å². The van der Waals surface area contributed by atoms with E-state index in [1.165, 1.54) is 0 Å². The number of benzene rings is 2. The van der Waals surface area contributed by atoms with Gasteiger partial charge in [0.25, 0.3) is 0 Å². The van der Waals surface area contributed by atoms with E-state index in [4.69, 9.17) is 9.84 Å². The topological polar surface area (TPSA) is 88.5 Å². The maximum absolute atomic E-state index is 12.1. The van der Waals surface area contributed by atoms with E-state index in [1.54, 1.807) is 31.2 Å². The minimum absolute atomic E-state index is 0.0288. The van der Waals surface area contributed by atoms with E-state index < -0.39 is 5.97 Å². The van der Waals surface area contributed by atoms with Crippen molar-refractivity contribution >= 4 is 28.9 Å². The summed E-state index contributed by atoms with van der Waals surface area (Å²) in [4.78, 5) is 27.5. The highest BCUT2D eigenvalue weighted by Crippen LogP contribution is 2.23. The third-order valence-corrected chi connectivity index (χ3v) is 4.61. The number of hydrogen-bond acceptors (Lipinski definition) is 5. The molecule has 0 saturated carbocycles. The van der Waals surface area contributed by atoms with Gasteiger partial charge in [-0.2, -0.15) is 0 Å². The van der Waals surface area contributed by atoms with Crippen LogP contribution in [0.15, 0.2) is 54.6 Å². The normalized spacial score (nSPS) is 10.3. The quantitative estimate of drug-likeness (QED) is 0.683. The van der Waals surface area contributed by atoms with Crippen LogP contribution in [0.2, 0.25) is 0 Å². The van der Waals surface area contributed by atoms with Crippen LogP contribution >= 0.6 is 11.3 Å². The Hall–Kier alpha value is -3.19. The highest BCUT2D eigenvalue weighted by atomic mass is 32.1. The number of para-hydroxylation sites is 1. The van der Waals surface area contributed by atoms with Gasteiger partial charge in [0, 0.05) is 5.69 Å². The number of carbonyl (C=O) groups excluding carboxylic acids is 1. The number of nitrogens with one attached hydrogen (secondary N) is 1. The molecule has 1 aromatic heterocycles. The summed E-state index contributed by atoms with van der Waals surface area (Å²) >= 11 is 1.02. The van der Waals surface area contributed by atoms with E-state index in [1.807, 2.05) is 30.3 Å². The van der Waals surface area contributed by atoms with Crippen LogP contribution in [0.4, 0.5) is 5.69 Å². The second-order valence-electron chi connectivity index (χ2n) is 5.49. The van der Waals surface area contributed by atoms with Crippen LogP contribution in [0, 0.1) is 6.92 Å². The van der Waals surface area contributed by atoms with Crippen molar-refractivity contribution in [3.8, 4) is 11.5 Å². The fourth-order valence-electron chi connectivity index (χ4n) is 2.30. The summed E-state index contributed by atoms with van der Waals surface area (Å²) in [7, 11) is 0. The Morgan fingerprint density at radius 2 is 1.73 bits per heavy atom. The molecule has 0 radical (unpaired) electrons. The number of nitrogens with zero attached hydrogens (tertiary/aromatic N) is 1. The third-order valence-electron chi connectivity index (χ3n) is 3.46. The predicted octanol–water partition coefficient (Wildman–Crippen LogP) is 4.12. The SMILES string of the molecule is Cc1nc(CC(=O)Nc2ccc(Oc3ccccc3)cc2)sc1C(=O)O. The number of aryl methyl sites for hydroxylation is 1. The van der Waals surface area contributed by atoms with E-state index in [-0.39, 0.29) is 17.2 Å². The van der Waals surface area contributed by atoms with Gasteiger partial charge < -0.3 is 15.2 Å². The molecule has 26 heavy (non-hydrogen) atoms. The molecule has 0 atom stereocenters. The summed E-state index contributed by atoms with van der Waals surface area (Å²) in [6.45, 7) is 1.62. The van der Waals surface area contributed by atoms with Gasteiger partial charge >= 0.3 is 5.97 Å². The molecule has 0 bridgehead atoms. The van der Waals surface area contributed by atoms with Crippen molar-refractivity contribution in [1.82, 2.24) is 4.98 Å². The number of ether oxygens (including phenoxy) is 1. The van der Waals surface area contributed by atoms with E-state index in [0.717, 1.165) is 17.1 Å². The summed E-state index contributed by atoms with van der Waals surface area (Å²) in [6, 6.07) is 16.4. The minimum Gasteiger partial charge on any atom is -0.477 e. The van der Waals surface area contributed by atoms with Gasteiger partial charge in [0.05, 0.1) is 12.1 Å². The first kappa shape index (κ1) is 17.6. The van der Waals surface area contributed by atoms with Gasteiger partial charge in [-0.3, -0.25) is 4.79 Å². The standard InChI is InChI=1S/C19H16N2O4S/c1-12-18(19(23)24)26-17(20-12)11-16(22)21-13-7-9-15(10-8-13)25-14-5-3-2-4-6-14/h2-10H,11H2,1H3,(H,21,22)(H,23,24). The lowest BCUT2D eigenvalue weighted by atomic mass is 10.3. The van der Waals surface area contributed by atoms with Gasteiger partial charge in [-0.15, -0.1) is 11.3 Å². The number of aromatic carboxylic acids is 1. The van der Waals surface area contributed by atoms with Crippen LogP contribution in [-0.4, -0.2) is 22.0 Å². The molecular weight excluding hydrogens is 352 g/mol. The summed E-state index contributed by atoms with van der Waals surface area (Å²) in [5.41, 5.74) is 1.05. The number of carboxylic acids is 1. The largest absolute Gasteiger partial charge is 0.477 e. The molecule has 0 unspecified atom stereocenters. The first-order valence-electron chi connectivity index (χ1n) is 7.83. The Kier molecular flexibility index (Phi) is 5.28. The van der Waals surface area contributed by atoms with Crippen LogP contribution < -0.4 is 10.1 Å². The molecule has 0 aliphatic heterocycles. The number of carboxylic acid groups (broad SMARTS) is 1. The van der Waals surface area contributed by atoms with Gasteiger partial charge in [0.2, 0.25) is 5.91 Å². The highest BCUT2D eigenvalue weighted by molar-refractivity contribution is 7.13. The predicted molar refractivity (Wildman–Crippen MR) is 99.1 cm³/mol. The Morgan fingerprint density at radius 3 is 2.35 bits per heavy atom. The smallest absolute Gasteiger partial charge is 0.347 e. The lowest BCUT2D eigenvalue weighted by molar-refractivity contribution is -0.115. The minimum atomic E-state index is -1.03. The molecule has 0 spiro atoms. The summed E-state index contributed by atoms with van der Waals surface area (Å²) < 4.78 is 5.70. The van der Waals surface area contributed by atoms with E-state index in [9.17, 15) is 9.59 Å². The van der Waals surface area contributed by atoms with Crippen molar-refractivity contribution in [2.45, 2.75) is 13.3 Å². The third kappa shape index (κ3) is 4.46. The van der Waals surface area contributed by atoms with Crippen LogP contribution in [0.25, 0.3) is 0 Å². The monoisotopic (exact) mass is 368 g/mol. The zero-order chi connectivity index (χ0) is 18.5. The molecule has 0 aliphatic carbocycles. The van der Waals surface area contributed by atoms with Crippen LogP contribution in [0.5, 0.6) is 11.5 Å². The van der Waals surface area contributed by atoms with E-state index >= 15 is 0 Å². The molecule has 7 heteroatoms. The second-order valence-corrected chi connectivity index (χ2v) is 6.58. The van der Waals surface area contributed by atoms with Gasteiger partial charge in [-0.25, -0.2) is 9.78 Å². The van der Waals surface area contributed by atoms with Crippen molar-refractivity contribution in [3.63, 3.8) is 0 Å². The van der Waals surface area contributed by atoms with Crippen molar-refractivity contribution < 1.29 is 19.4 Å². The molecule has 2 aromatic carbocycles. The van der Waals surface area contributed by atoms with Crippen molar-refractivity contribution in [1.29, 1.82) is 0 Å². The molecule has 6 nitrogen and oxygen atoms in total. The van der Waals surface area contributed by atoms with Crippen molar-refractivity contribution in [3.05, 3.63) is 70.2 Å². The average Bonchev–Trinajstić information content (AvgIpc) is 2.98. The maximum Gasteiger partial charge on any atom is 0.347 e. The maximum atomic E-state index is 12.1. The molecule has 0 saturated heterocycles. The van der Waals surface area contributed by atoms with Crippen LogP contribution in [0.3, 0.4) is 0 Å². The summed E-state index contributed by atoms with van der Waals surface area (Å²) in [5, 5.41) is 12.3. The fraction of sp³-hybridized carbons (Fsp3) is 0.105. The lowest BCUT2D eigenvalue weighted by Crippen LogP contribution is -2.14. The molecule has 2 N–H and O–H groups in total. The number of aromatic nitrogens is 1. The molecule has 1 heterocycles. The molecule has 3 aromatic rings. The Morgan fingerprint density at radius 1 is 1.08 bits per heavy atom. The first-order chi connectivity index (χ1) is 12.5. The van der Waals surface area contributed by atoms with Crippen molar-refractivity contribution in [2.24, 2.45) is 0 Å². The Balaban J connectivity index is 1.59. The Labute approximate surface area is 154 Å². The molecule has 1 amide bonds. The molecule has 3 rings (SSSR count). The van der Waals surface area contributed by atoms with Gasteiger partial charge in [0.15, 0.2) is 0 Å². The number of amides is 1. The zero-order valence-electron chi connectivity index (χ0n) is 13.9. The average molecular weight is 368 g/mol. The second kappa shape index (κ2) is 7.79. The number of hydrogen-bond donors (Lipinski definition) is 2. The van der Waals surface area contributed by atoms with E-state index in [0.29, 0.717) is 22.1 Å². The van der Waals surface area contributed by atoms with Crippen molar-refractivity contribution in [2.75, 3.05) is 5.32 Å². The molecule has 0 aliphatic rings. The molecular formula is C19H16N2O4S. The summed E-state index contributed by atoms with van der Waals surface area (Å²) in [6.07, 6.45) is 0.0288. The van der Waals surface area contributed by atoms with Crippen LogP contribution in [-0.2, 0) is 11.2 Å². The molecule has 132 valence electrons. The first-order valence-corrected chi connectivity index (χ1v) is 8.65. The fourth-order valence-corrected chi connectivity index (χ4v) is 3.20. The van der Waals surface area contributed by atoms with Gasteiger partial charge in [-0.05, 0) is 43.3 Å². The highest BCUT2D eigenvalue weighted by Gasteiger charge is 2.16. The Bertz CT molecular complexity index is 920. The van der Waals surface area contributed by atoms with Gasteiger partial charge in [-0.1, -0.05) is 18.2 Å². The van der Waals surface area contributed by atoms with Gasteiger partial charge in [0.1, 0.15) is 21.4 Å². The number of rotatable bonds is 6. The number of thiazole rings is 1. The number of carbonyl (C=O) groups is 2. The summed E-state index contributed by atoms with van der Waals surface area (Å²) in [5.74, 6) is 0.113. The van der Waals surface area contributed by atoms with E-state index in [2.05, 4.69) is 10.3 Å². The number of anilines is 1. The lowest BCUT2D eigenvalue weighted by Gasteiger charge is -2.07.